The summed E-state index contributed by atoms with van der Waals surface area (Å²) in [6.07, 6.45) is 4.40. The molecular formula is C17H20FN5O2S2. The number of urea groups is 1. The average molecular weight is 410 g/mol. The molecule has 3 rings (SSSR count). The number of benzene rings is 1. The molecule has 0 unspecified atom stereocenters. The van der Waals surface area contributed by atoms with E-state index in [2.05, 4.69) is 26.1 Å². The predicted molar refractivity (Wildman–Crippen MR) is 104 cm³/mol. The first-order valence-corrected chi connectivity index (χ1v) is 10.5. The number of nitrogens with one attached hydrogen (secondary N) is 3. The van der Waals surface area contributed by atoms with Crippen molar-refractivity contribution in [1.29, 1.82) is 0 Å². The maximum Gasteiger partial charge on any atom is 0.321 e. The zero-order valence-corrected chi connectivity index (χ0v) is 16.2. The van der Waals surface area contributed by atoms with E-state index in [1.54, 1.807) is 12.1 Å². The fraction of sp³-hybridized carbons (Fsp3) is 0.412. The molecule has 0 aliphatic heterocycles. The molecule has 1 aliphatic rings. The lowest BCUT2D eigenvalue weighted by Gasteiger charge is -2.11. The summed E-state index contributed by atoms with van der Waals surface area (Å²) in [5, 5.41) is 16.9. The van der Waals surface area contributed by atoms with Crippen molar-refractivity contribution >= 4 is 45.9 Å². The standard InChI is InChI=1S/C17H20FN5O2S2/c18-11-5-7-13(8-6-11)20-16-22-23-17(27-16)26-10-9-14(24)21-15(25)19-12-3-1-2-4-12/h5-8,12H,1-4,9-10H2,(H,20,22)(H2,19,21,24,25). The summed E-state index contributed by atoms with van der Waals surface area (Å²) in [5.41, 5.74) is 0.719. The highest BCUT2D eigenvalue weighted by molar-refractivity contribution is 8.01. The van der Waals surface area contributed by atoms with Gasteiger partial charge in [-0.25, -0.2) is 9.18 Å². The Morgan fingerprint density at radius 3 is 2.67 bits per heavy atom. The maximum atomic E-state index is 12.9. The monoisotopic (exact) mass is 409 g/mol. The quantitative estimate of drug-likeness (QED) is 0.604. The van der Waals surface area contributed by atoms with Crippen LogP contribution in [0.25, 0.3) is 0 Å². The Morgan fingerprint density at radius 2 is 1.93 bits per heavy atom. The fourth-order valence-electron chi connectivity index (χ4n) is 2.69. The van der Waals surface area contributed by atoms with E-state index >= 15 is 0 Å². The number of aromatic nitrogens is 2. The Kier molecular flexibility index (Phi) is 6.99. The van der Waals surface area contributed by atoms with Crippen LogP contribution in [0.3, 0.4) is 0 Å². The molecule has 1 saturated carbocycles. The predicted octanol–water partition coefficient (Wildman–Crippen LogP) is 3.67. The lowest BCUT2D eigenvalue weighted by Crippen LogP contribution is -2.43. The smallest absolute Gasteiger partial charge is 0.321 e. The molecule has 1 aliphatic carbocycles. The van der Waals surface area contributed by atoms with Crippen molar-refractivity contribution < 1.29 is 14.0 Å². The number of amides is 3. The van der Waals surface area contributed by atoms with Crippen molar-refractivity contribution in [3.8, 4) is 0 Å². The number of anilines is 2. The van der Waals surface area contributed by atoms with E-state index in [-0.39, 0.29) is 24.2 Å². The van der Waals surface area contributed by atoms with Crippen molar-refractivity contribution in [2.24, 2.45) is 0 Å². The summed E-state index contributed by atoms with van der Waals surface area (Å²) < 4.78 is 13.6. The number of carbonyl (C=O) groups excluding carboxylic acids is 2. The van der Waals surface area contributed by atoms with E-state index in [1.807, 2.05) is 0 Å². The molecule has 1 aromatic heterocycles. The highest BCUT2D eigenvalue weighted by Crippen LogP contribution is 2.28. The number of thioether (sulfide) groups is 1. The topological polar surface area (TPSA) is 96.0 Å². The van der Waals surface area contributed by atoms with Gasteiger partial charge in [-0.05, 0) is 37.1 Å². The van der Waals surface area contributed by atoms with Crippen molar-refractivity contribution in [2.45, 2.75) is 42.5 Å². The molecule has 3 N–H and O–H groups in total. The van der Waals surface area contributed by atoms with E-state index in [4.69, 9.17) is 0 Å². The molecule has 7 nitrogen and oxygen atoms in total. The number of imide groups is 1. The lowest BCUT2D eigenvalue weighted by atomic mass is 10.2. The summed E-state index contributed by atoms with van der Waals surface area (Å²) in [6.45, 7) is 0. The Hall–Kier alpha value is -2.20. The molecule has 10 heteroatoms. The molecule has 1 aromatic carbocycles. The Labute approximate surface area is 164 Å². The van der Waals surface area contributed by atoms with Gasteiger partial charge in [0.1, 0.15) is 5.82 Å². The summed E-state index contributed by atoms with van der Waals surface area (Å²) in [6, 6.07) is 5.72. The van der Waals surface area contributed by atoms with Crippen LogP contribution in [0.2, 0.25) is 0 Å². The van der Waals surface area contributed by atoms with Gasteiger partial charge in [0.25, 0.3) is 0 Å². The zero-order valence-electron chi connectivity index (χ0n) is 14.5. The van der Waals surface area contributed by atoms with E-state index in [1.165, 1.54) is 35.2 Å². The molecule has 0 radical (unpaired) electrons. The van der Waals surface area contributed by atoms with Gasteiger partial charge in [-0.2, -0.15) is 0 Å². The number of hydrogen-bond acceptors (Lipinski definition) is 7. The Morgan fingerprint density at radius 1 is 1.19 bits per heavy atom. The number of rotatable bonds is 7. The van der Waals surface area contributed by atoms with Gasteiger partial charge < -0.3 is 10.6 Å². The van der Waals surface area contributed by atoms with Gasteiger partial charge in [0.2, 0.25) is 11.0 Å². The largest absolute Gasteiger partial charge is 0.335 e. The van der Waals surface area contributed by atoms with Gasteiger partial charge in [0.15, 0.2) is 4.34 Å². The van der Waals surface area contributed by atoms with Crippen molar-refractivity contribution in [3.63, 3.8) is 0 Å². The zero-order chi connectivity index (χ0) is 19.1. The van der Waals surface area contributed by atoms with Crippen LogP contribution in [-0.4, -0.2) is 33.9 Å². The third kappa shape index (κ3) is 6.47. The van der Waals surface area contributed by atoms with Crippen LogP contribution >= 0.6 is 23.1 Å². The fourth-order valence-corrected chi connectivity index (χ4v) is 4.47. The van der Waals surface area contributed by atoms with E-state index in [9.17, 15) is 14.0 Å². The average Bonchev–Trinajstić information content (AvgIpc) is 3.29. The molecule has 0 atom stereocenters. The number of nitrogens with zero attached hydrogens (tertiary/aromatic N) is 2. The molecule has 0 saturated heterocycles. The van der Waals surface area contributed by atoms with Gasteiger partial charge in [-0.1, -0.05) is 35.9 Å². The molecule has 1 fully saturated rings. The SMILES string of the molecule is O=C(CCSc1nnc(Nc2ccc(F)cc2)s1)NC(=O)NC1CCCC1. The van der Waals surface area contributed by atoms with Crippen LogP contribution < -0.4 is 16.0 Å². The minimum Gasteiger partial charge on any atom is -0.335 e. The second-order valence-corrected chi connectivity index (χ2v) is 8.43. The van der Waals surface area contributed by atoms with Gasteiger partial charge >= 0.3 is 6.03 Å². The molecule has 27 heavy (non-hydrogen) atoms. The highest BCUT2D eigenvalue weighted by Gasteiger charge is 2.18. The first kappa shape index (κ1) is 19.6. The Bertz CT molecular complexity index is 778. The van der Waals surface area contributed by atoms with Gasteiger partial charge in [0, 0.05) is 23.9 Å². The first-order chi connectivity index (χ1) is 13.1. The van der Waals surface area contributed by atoms with Crippen molar-refractivity contribution in [2.75, 3.05) is 11.1 Å². The van der Waals surface area contributed by atoms with Gasteiger partial charge in [0.05, 0.1) is 0 Å². The van der Waals surface area contributed by atoms with Crippen molar-refractivity contribution in [3.05, 3.63) is 30.1 Å². The third-order valence-corrected chi connectivity index (χ3v) is 5.97. The normalized spacial score (nSPS) is 14.1. The third-order valence-electron chi connectivity index (χ3n) is 4.00. The molecule has 2 aromatic rings. The van der Waals surface area contributed by atoms with Crippen molar-refractivity contribution in [1.82, 2.24) is 20.8 Å². The van der Waals surface area contributed by atoms with Gasteiger partial charge in [-0.3, -0.25) is 10.1 Å². The maximum absolute atomic E-state index is 12.9. The molecular weight excluding hydrogens is 389 g/mol. The van der Waals surface area contributed by atoms with Gasteiger partial charge in [-0.15, -0.1) is 10.2 Å². The molecule has 144 valence electrons. The van der Waals surface area contributed by atoms with Crippen LogP contribution in [-0.2, 0) is 4.79 Å². The van der Waals surface area contributed by atoms with Crippen LogP contribution in [0.5, 0.6) is 0 Å². The number of halogens is 1. The lowest BCUT2D eigenvalue weighted by molar-refractivity contribution is -0.119. The second kappa shape index (κ2) is 9.65. The number of carbonyl (C=O) groups is 2. The highest BCUT2D eigenvalue weighted by atomic mass is 32.2. The van der Waals surface area contributed by atoms with E-state index in [0.29, 0.717) is 15.2 Å². The summed E-state index contributed by atoms with van der Waals surface area (Å²) in [5.74, 6) is -0.121. The summed E-state index contributed by atoms with van der Waals surface area (Å²) >= 11 is 2.74. The number of hydrogen-bond donors (Lipinski definition) is 3. The minimum absolute atomic E-state index is 0.181. The summed E-state index contributed by atoms with van der Waals surface area (Å²) in [7, 11) is 0. The first-order valence-electron chi connectivity index (χ1n) is 8.68. The van der Waals surface area contributed by atoms with Crippen LogP contribution in [0, 0.1) is 5.82 Å². The van der Waals surface area contributed by atoms with Crippen LogP contribution in [0.15, 0.2) is 28.6 Å². The molecule has 0 bridgehead atoms. The molecule has 1 heterocycles. The van der Waals surface area contributed by atoms with Crippen LogP contribution in [0.4, 0.5) is 20.0 Å². The second-order valence-electron chi connectivity index (χ2n) is 6.11. The molecule has 3 amide bonds. The van der Waals surface area contributed by atoms with Crippen LogP contribution in [0.1, 0.15) is 32.1 Å². The summed E-state index contributed by atoms with van der Waals surface area (Å²) in [4.78, 5) is 23.6. The molecule has 0 spiro atoms. The Balaban J connectivity index is 1.36. The van der Waals surface area contributed by atoms with E-state index in [0.717, 1.165) is 31.4 Å². The minimum atomic E-state index is -0.418. The van der Waals surface area contributed by atoms with E-state index < -0.39 is 6.03 Å².